The van der Waals surface area contributed by atoms with Gasteiger partial charge in [-0.25, -0.2) is 4.79 Å². The second-order valence-corrected chi connectivity index (χ2v) is 8.44. The molecule has 0 saturated carbocycles. The predicted molar refractivity (Wildman–Crippen MR) is 77.4 cm³/mol. The summed E-state index contributed by atoms with van der Waals surface area (Å²) in [6.45, 7) is 11.1. The molecule has 1 rings (SSSR count). The van der Waals surface area contributed by atoms with Crippen molar-refractivity contribution in [2.45, 2.75) is 51.8 Å². The highest BCUT2D eigenvalue weighted by Crippen LogP contribution is 2.27. The lowest BCUT2D eigenvalue weighted by Gasteiger charge is -2.39. The molecule has 112 valence electrons. The number of piperidine rings is 1. The molecule has 1 fully saturated rings. The first-order valence-electron chi connectivity index (χ1n) is 6.79. The van der Waals surface area contributed by atoms with Crippen molar-refractivity contribution in [1.29, 1.82) is 0 Å². The number of nitrogens with one attached hydrogen (secondary N) is 1. The maximum atomic E-state index is 12.1. The zero-order chi connectivity index (χ0) is 14.8. The first kappa shape index (κ1) is 16.6. The highest BCUT2D eigenvalue weighted by molar-refractivity contribution is 7.90. The lowest BCUT2D eigenvalue weighted by molar-refractivity contribution is 0.0935. The van der Waals surface area contributed by atoms with Crippen LogP contribution in [0, 0.1) is 11.8 Å². The van der Waals surface area contributed by atoms with Crippen LogP contribution in [0.5, 0.6) is 0 Å². The fourth-order valence-electron chi connectivity index (χ4n) is 2.51. The van der Waals surface area contributed by atoms with E-state index in [-0.39, 0.29) is 16.7 Å². The summed E-state index contributed by atoms with van der Waals surface area (Å²) in [6, 6.07) is 0.131. The molecule has 1 aliphatic heterocycles. The van der Waals surface area contributed by atoms with E-state index in [9.17, 15) is 9.35 Å². The molecular weight excluding hydrogens is 264 g/mol. The number of amides is 1. The van der Waals surface area contributed by atoms with Crippen LogP contribution in [-0.2, 0) is 11.4 Å². The summed E-state index contributed by atoms with van der Waals surface area (Å²) in [6.07, 6.45) is -0.0210. The number of rotatable bonds is 3. The molecule has 1 heterocycles. The van der Waals surface area contributed by atoms with Crippen LogP contribution in [0.3, 0.4) is 0 Å². The van der Waals surface area contributed by atoms with Crippen molar-refractivity contribution in [1.82, 2.24) is 9.62 Å². The van der Waals surface area contributed by atoms with Gasteiger partial charge in [-0.1, -0.05) is 6.92 Å². The molecule has 0 radical (unpaired) electrons. The van der Waals surface area contributed by atoms with Gasteiger partial charge in [-0.05, 0) is 46.0 Å². The molecule has 0 aromatic heterocycles. The van der Waals surface area contributed by atoms with Gasteiger partial charge in [0.1, 0.15) is 4.75 Å². The maximum absolute atomic E-state index is 12.1. The largest absolute Gasteiger partial charge is 0.598 e. The Kier molecular flexibility index (Phi) is 5.53. The minimum atomic E-state index is -1.08. The molecule has 0 aromatic rings. The van der Waals surface area contributed by atoms with Gasteiger partial charge >= 0.3 is 6.09 Å². The molecule has 1 aliphatic rings. The van der Waals surface area contributed by atoms with Crippen LogP contribution in [0.4, 0.5) is 4.79 Å². The highest BCUT2D eigenvalue weighted by Gasteiger charge is 2.36. The van der Waals surface area contributed by atoms with Crippen LogP contribution in [0.25, 0.3) is 0 Å². The Morgan fingerprint density at radius 3 is 2.53 bits per heavy atom. The number of carbonyl (C=O) groups is 1. The second kappa shape index (κ2) is 6.33. The zero-order valence-corrected chi connectivity index (χ0v) is 13.3. The predicted octanol–water partition coefficient (Wildman–Crippen LogP) is 2.06. The summed E-state index contributed by atoms with van der Waals surface area (Å²) >= 11 is -1.08. The van der Waals surface area contributed by atoms with Gasteiger partial charge in [0, 0.05) is 24.5 Å². The van der Waals surface area contributed by atoms with E-state index in [4.69, 9.17) is 5.11 Å². The maximum Gasteiger partial charge on any atom is 0.407 e. The summed E-state index contributed by atoms with van der Waals surface area (Å²) < 4.78 is 15.0. The Hall–Kier alpha value is -0.460. The molecule has 0 aromatic carbocycles. The molecule has 5 nitrogen and oxygen atoms in total. The molecule has 2 N–H and O–H groups in total. The molecule has 0 aliphatic carbocycles. The number of likely N-dealkylation sites (tertiary alicyclic amines) is 1. The number of nitrogens with zero attached hydrogens (tertiary/aromatic N) is 1. The topological polar surface area (TPSA) is 75.6 Å². The van der Waals surface area contributed by atoms with Gasteiger partial charge in [-0.15, -0.1) is 4.72 Å². The summed E-state index contributed by atoms with van der Waals surface area (Å²) in [4.78, 5) is 12.4. The van der Waals surface area contributed by atoms with E-state index in [1.807, 2.05) is 27.7 Å². The quantitative estimate of drug-likeness (QED) is 0.780. The summed E-state index contributed by atoms with van der Waals surface area (Å²) in [5, 5.41) is 8.99. The van der Waals surface area contributed by atoms with Gasteiger partial charge in [0.05, 0.1) is 6.04 Å². The van der Waals surface area contributed by atoms with E-state index < -0.39 is 17.5 Å². The Morgan fingerprint density at radius 2 is 2.11 bits per heavy atom. The molecule has 4 atom stereocenters. The normalized spacial score (nSPS) is 28.0. The molecule has 19 heavy (non-hydrogen) atoms. The number of carboxylic acid groups (broad SMARTS) is 1. The van der Waals surface area contributed by atoms with Gasteiger partial charge in [-0.2, -0.15) is 0 Å². The fourth-order valence-corrected chi connectivity index (χ4v) is 3.38. The SMILES string of the molecule is CC(N[S@@+]([O-])C(C)(C)C)[C@@H]1CCN(C(=O)O)C[C@@H]1C. The minimum absolute atomic E-state index is 0.131. The lowest BCUT2D eigenvalue weighted by Crippen LogP contribution is -2.51. The third-order valence-electron chi connectivity index (χ3n) is 3.73. The molecule has 0 spiro atoms. The smallest absolute Gasteiger partial charge is 0.407 e. The molecular formula is C13H26N2O3S. The fraction of sp³-hybridized carbons (Fsp3) is 0.923. The Balaban J connectivity index is 2.55. The van der Waals surface area contributed by atoms with Crippen molar-refractivity contribution in [2.24, 2.45) is 11.8 Å². The van der Waals surface area contributed by atoms with Gasteiger partial charge in [0.15, 0.2) is 0 Å². The summed E-state index contributed by atoms with van der Waals surface area (Å²) in [5.41, 5.74) is 0. The Morgan fingerprint density at radius 1 is 1.53 bits per heavy atom. The van der Waals surface area contributed by atoms with Crippen molar-refractivity contribution < 1.29 is 14.5 Å². The summed E-state index contributed by atoms with van der Waals surface area (Å²) in [7, 11) is 0. The van der Waals surface area contributed by atoms with Crippen LogP contribution in [-0.4, -0.2) is 44.5 Å². The molecule has 0 bridgehead atoms. The third kappa shape index (κ3) is 4.54. The summed E-state index contributed by atoms with van der Waals surface area (Å²) in [5.74, 6) is 0.645. The number of hydrogen-bond acceptors (Lipinski definition) is 3. The van der Waals surface area contributed by atoms with Gasteiger partial charge < -0.3 is 14.6 Å². The van der Waals surface area contributed by atoms with E-state index in [2.05, 4.69) is 11.6 Å². The molecule has 6 heteroatoms. The van der Waals surface area contributed by atoms with Gasteiger partial charge in [0.25, 0.3) is 0 Å². The monoisotopic (exact) mass is 290 g/mol. The molecule has 1 amide bonds. The number of hydrogen-bond donors (Lipinski definition) is 2. The lowest BCUT2D eigenvalue weighted by atomic mass is 9.82. The first-order valence-corrected chi connectivity index (χ1v) is 7.94. The van der Waals surface area contributed by atoms with Crippen LogP contribution >= 0.6 is 0 Å². The van der Waals surface area contributed by atoms with E-state index >= 15 is 0 Å². The van der Waals surface area contributed by atoms with Crippen LogP contribution < -0.4 is 4.72 Å². The molecule has 1 saturated heterocycles. The van der Waals surface area contributed by atoms with Gasteiger partial charge in [0.2, 0.25) is 0 Å². The van der Waals surface area contributed by atoms with Crippen molar-refractivity contribution in [3.05, 3.63) is 0 Å². The second-order valence-electron chi connectivity index (χ2n) is 6.45. The van der Waals surface area contributed by atoms with E-state index in [1.165, 1.54) is 4.90 Å². The third-order valence-corrected chi connectivity index (χ3v) is 5.43. The average Bonchev–Trinajstić information content (AvgIpc) is 2.26. The van der Waals surface area contributed by atoms with E-state index in [0.29, 0.717) is 19.0 Å². The van der Waals surface area contributed by atoms with Crippen molar-refractivity contribution in [3.8, 4) is 0 Å². The Labute approximate surface area is 119 Å². The van der Waals surface area contributed by atoms with Gasteiger partial charge in [-0.3, -0.25) is 0 Å². The van der Waals surface area contributed by atoms with Crippen molar-refractivity contribution >= 4 is 17.5 Å². The average molecular weight is 290 g/mol. The van der Waals surface area contributed by atoms with Crippen molar-refractivity contribution in [2.75, 3.05) is 13.1 Å². The van der Waals surface area contributed by atoms with E-state index in [0.717, 1.165) is 6.42 Å². The van der Waals surface area contributed by atoms with Crippen LogP contribution in [0.2, 0.25) is 0 Å². The first-order chi connectivity index (χ1) is 8.62. The van der Waals surface area contributed by atoms with Crippen LogP contribution in [0.1, 0.15) is 41.0 Å². The zero-order valence-electron chi connectivity index (χ0n) is 12.5. The highest BCUT2D eigenvalue weighted by atomic mass is 32.2. The standard InChI is InChI=1S/C13H26N2O3S/c1-9-8-15(12(16)17)7-6-11(9)10(2)14-19(18)13(3,4)5/h9-11,14H,6-8H2,1-5H3,(H,16,17)/t9-,10?,11+,19-/m0/s1. The minimum Gasteiger partial charge on any atom is -0.598 e. The van der Waals surface area contributed by atoms with Crippen molar-refractivity contribution in [3.63, 3.8) is 0 Å². The van der Waals surface area contributed by atoms with E-state index in [1.54, 1.807) is 0 Å². The molecule has 1 unspecified atom stereocenters. The van der Waals surface area contributed by atoms with Crippen LogP contribution in [0.15, 0.2) is 0 Å². The Bertz CT molecular complexity index is 320.